The molecule has 1 aromatic rings. The number of likely N-dealkylation sites (tertiary alicyclic amines) is 1. The van der Waals surface area contributed by atoms with Crippen LogP contribution in [-0.4, -0.2) is 36.1 Å². The molecule has 0 amide bonds. The molecule has 1 heterocycles. The molecule has 98 valence electrons. The average Bonchev–Trinajstić information content (AvgIpc) is 2.74. The molecule has 2 rings (SSSR count). The molecule has 1 aliphatic rings. The van der Waals surface area contributed by atoms with E-state index in [2.05, 4.69) is 4.90 Å². The Kier molecular flexibility index (Phi) is 3.78. The molecule has 0 saturated carbocycles. The van der Waals surface area contributed by atoms with Crippen molar-refractivity contribution in [1.82, 2.24) is 4.90 Å². The topological polar surface area (TPSA) is 81.6 Å². The molecule has 18 heavy (non-hydrogen) atoms. The van der Waals surface area contributed by atoms with Gasteiger partial charge in [0, 0.05) is 31.7 Å². The van der Waals surface area contributed by atoms with Gasteiger partial charge >= 0.3 is 0 Å². The Bertz CT molecular complexity index is 450. The van der Waals surface area contributed by atoms with Gasteiger partial charge in [0.15, 0.2) is 0 Å². The second kappa shape index (κ2) is 5.32. The Labute approximate surface area is 105 Å². The summed E-state index contributed by atoms with van der Waals surface area (Å²) in [6.45, 7) is 2.45. The van der Waals surface area contributed by atoms with E-state index in [1.807, 2.05) is 6.07 Å². The molecule has 0 bridgehead atoms. The van der Waals surface area contributed by atoms with Crippen molar-refractivity contribution in [3.63, 3.8) is 0 Å². The molecule has 2 N–H and O–H groups in total. The van der Waals surface area contributed by atoms with Gasteiger partial charge in [-0.3, -0.25) is 15.0 Å². The number of nitrogens with two attached hydrogens (primary N) is 1. The van der Waals surface area contributed by atoms with E-state index in [-0.39, 0.29) is 11.7 Å². The average molecular weight is 251 g/mol. The zero-order valence-electron chi connectivity index (χ0n) is 10.3. The number of nitrogens with zero attached hydrogens (tertiary/aromatic N) is 2. The molecule has 6 nitrogen and oxygen atoms in total. The van der Waals surface area contributed by atoms with E-state index in [0.717, 1.165) is 25.1 Å². The van der Waals surface area contributed by atoms with Gasteiger partial charge in [0.05, 0.1) is 18.1 Å². The van der Waals surface area contributed by atoms with Crippen LogP contribution in [0.25, 0.3) is 0 Å². The van der Waals surface area contributed by atoms with Crippen molar-refractivity contribution in [2.75, 3.05) is 20.2 Å². The molecule has 1 saturated heterocycles. The molecule has 1 aliphatic heterocycles. The lowest BCUT2D eigenvalue weighted by molar-refractivity contribution is -0.385. The summed E-state index contributed by atoms with van der Waals surface area (Å²) in [5.41, 5.74) is 6.79. The van der Waals surface area contributed by atoms with E-state index in [0.29, 0.717) is 12.3 Å². The number of ether oxygens (including phenoxy) is 1. The first kappa shape index (κ1) is 12.8. The van der Waals surface area contributed by atoms with Gasteiger partial charge in [0.2, 0.25) is 0 Å². The molecule has 0 aromatic heterocycles. The van der Waals surface area contributed by atoms with Gasteiger partial charge in [-0.25, -0.2) is 0 Å². The van der Waals surface area contributed by atoms with Gasteiger partial charge in [0.1, 0.15) is 5.75 Å². The zero-order valence-corrected chi connectivity index (χ0v) is 10.3. The summed E-state index contributed by atoms with van der Waals surface area (Å²) < 4.78 is 5.08. The van der Waals surface area contributed by atoms with Crippen LogP contribution in [0.2, 0.25) is 0 Å². The monoisotopic (exact) mass is 251 g/mol. The van der Waals surface area contributed by atoms with E-state index in [1.54, 1.807) is 6.07 Å². The fourth-order valence-corrected chi connectivity index (χ4v) is 2.22. The van der Waals surface area contributed by atoms with E-state index in [4.69, 9.17) is 10.5 Å². The summed E-state index contributed by atoms with van der Waals surface area (Å²) in [7, 11) is 1.51. The Hall–Kier alpha value is -1.66. The summed E-state index contributed by atoms with van der Waals surface area (Å²) in [5.74, 6) is 0.516. The van der Waals surface area contributed by atoms with Crippen LogP contribution >= 0.6 is 0 Å². The van der Waals surface area contributed by atoms with Crippen LogP contribution in [0.1, 0.15) is 12.0 Å². The van der Waals surface area contributed by atoms with Crippen molar-refractivity contribution in [2.45, 2.75) is 19.0 Å². The van der Waals surface area contributed by atoms with Gasteiger partial charge in [-0.2, -0.15) is 0 Å². The minimum Gasteiger partial charge on any atom is -0.496 e. The molecule has 6 heteroatoms. The SMILES string of the molecule is COc1cc(CN2CCC(N)C2)cc([N+](=O)[O-])c1. The Balaban J connectivity index is 2.16. The Morgan fingerprint density at radius 2 is 2.33 bits per heavy atom. The lowest BCUT2D eigenvalue weighted by atomic mass is 10.2. The summed E-state index contributed by atoms with van der Waals surface area (Å²) in [6, 6.07) is 5.06. The van der Waals surface area contributed by atoms with Crippen molar-refractivity contribution in [1.29, 1.82) is 0 Å². The van der Waals surface area contributed by atoms with Crippen LogP contribution in [-0.2, 0) is 6.54 Å². The van der Waals surface area contributed by atoms with Gasteiger partial charge in [-0.05, 0) is 18.1 Å². The van der Waals surface area contributed by atoms with Crippen molar-refractivity contribution in [3.8, 4) is 5.75 Å². The zero-order chi connectivity index (χ0) is 13.1. The number of hydrogen-bond acceptors (Lipinski definition) is 5. The predicted octanol–water partition coefficient (Wildman–Crippen LogP) is 1.14. The lowest BCUT2D eigenvalue weighted by Crippen LogP contribution is -2.26. The quantitative estimate of drug-likeness (QED) is 0.641. The third kappa shape index (κ3) is 2.96. The number of methoxy groups -OCH3 is 1. The van der Waals surface area contributed by atoms with Gasteiger partial charge < -0.3 is 10.5 Å². The van der Waals surface area contributed by atoms with E-state index in [9.17, 15) is 10.1 Å². The smallest absolute Gasteiger partial charge is 0.273 e. The molecule has 1 unspecified atom stereocenters. The molecule has 1 fully saturated rings. The number of nitro benzene ring substituents is 1. The van der Waals surface area contributed by atoms with Crippen LogP contribution in [0.15, 0.2) is 18.2 Å². The van der Waals surface area contributed by atoms with E-state index >= 15 is 0 Å². The summed E-state index contributed by atoms with van der Waals surface area (Å²) in [6.07, 6.45) is 0.978. The highest BCUT2D eigenvalue weighted by molar-refractivity contribution is 5.42. The fourth-order valence-electron chi connectivity index (χ4n) is 2.22. The Morgan fingerprint density at radius 1 is 1.56 bits per heavy atom. The first-order chi connectivity index (χ1) is 8.58. The molecule has 0 spiro atoms. The van der Waals surface area contributed by atoms with Crippen molar-refractivity contribution < 1.29 is 9.66 Å². The number of non-ortho nitro benzene ring substituents is 1. The van der Waals surface area contributed by atoms with Gasteiger partial charge in [-0.15, -0.1) is 0 Å². The molecule has 1 atom stereocenters. The number of rotatable bonds is 4. The van der Waals surface area contributed by atoms with E-state index in [1.165, 1.54) is 13.2 Å². The third-order valence-corrected chi connectivity index (χ3v) is 3.11. The second-order valence-electron chi connectivity index (χ2n) is 4.58. The number of benzene rings is 1. The van der Waals surface area contributed by atoms with Crippen LogP contribution in [0.4, 0.5) is 5.69 Å². The largest absolute Gasteiger partial charge is 0.496 e. The molecular weight excluding hydrogens is 234 g/mol. The molecule has 1 aromatic carbocycles. The Morgan fingerprint density at radius 3 is 2.89 bits per heavy atom. The van der Waals surface area contributed by atoms with Crippen molar-refractivity contribution in [3.05, 3.63) is 33.9 Å². The molecular formula is C12H17N3O3. The van der Waals surface area contributed by atoms with Crippen LogP contribution in [0.3, 0.4) is 0 Å². The number of nitro groups is 1. The van der Waals surface area contributed by atoms with E-state index < -0.39 is 4.92 Å². The highest BCUT2D eigenvalue weighted by Gasteiger charge is 2.20. The van der Waals surface area contributed by atoms with Gasteiger partial charge in [-0.1, -0.05) is 0 Å². The molecule has 0 radical (unpaired) electrons. The predicted molar refractivity (Wildman–Crippen MR) is 67.5 cm³/mol. The summed E-state index contributed by atoms with van der Waals surface area (Å²) in [4.78, 5) is 12.6. The highest BCUT2D eigenvalue weighted by atomic mass is 16.6. The third-order valence-electron chi connectivity index (χ3n) is 3.11. The van der Waals surface area contributed by atoms with Gasteiger partial charge in [0.25, 0.3) is 5.69 Å². The summed E-state index contributed by atoms with van der Waals surface area (Å²) >= 11 is 0. The standard InChI is InChI=1S/C12H17N3O3/c1-18-12-5-9(4-11(6-12)15(16)17)7-14-3-2-10(13)8-14/h4-6,10H,2-3,7-8,13H2,1H3. The van der Waals surface area contributed by atoms with Crippen LogP contribution < -0.4 is 10.5 Å². The maximum absolute atomic E-state index is 10.8. The van der Waals surface area contributed by atoms with Crippen molar-refractivity contribution in [2.24, 2.45) is 5.73 Å². The number of hydrogen-bond donors (Lipinski definition) is 1. The highest BCUT2D eigenvalue weighted by Crippen LogP contribution is 2.24. The maximum atomic E-state index is 10.8. The minimum absolute atomic E-state index is 0.0628. The maximum Gasteiger partial charge on any atom is 0.273 e. The normalized spacial score (nSPS) is 20.0. The van der Waals surface area contributed by atoms with Crippen molar-refractivity contribution >= 4 is 5.69 Å². The second-order valence-corrected chi connectivity index (χ2v) is 4.58. The fraction of sp³-hybridized carbons (Fsp3) is 0.500. The molecule has 0 aliphatic carbocycles. The minimum atomic E-state index is -0.401. The summed E-state index contributed by atoms with van der Waals surface area (Å²) in [5, 5.41) is 10.8. The lowest BCUT2D eigenvalue weighted by Gasteiger charge is -2.15. The first-order valence-electron chi connectivity index (χ1n) is 5.89. The van der Waals surface area contributed by atoms with Crippen LogP contribution in [0.5, 0.6) is 5.75 Å². The van der Waals surface area contributed by atoms with Crippen LogP contribution in [0, 0.1) is 10.1 Å². The first-order valence-corrected chi connectivity index (χ1v) is 5.89.